The molecule has 0 bridgehead atoms. The molecule has 1 aliphatic heterocycles. The van der Waals surface area contributed by atoms with Crippen LogP contribution in [0.25, 0.3) is 0 Å². The number of nitro groups is 1. The molecule has 3 rings (SSSR count). The lowest BCUT2D eigenvalue weighted by Crippen LogP contribution is -2.33. The van der Waals surface area contributed by atoms with Gasteiger partial charge in [0.15, 0.2) is 5.41 Å². The molecule has 19 heavy (non-hydrogen) atoms. The van der Waals surface area contributed by atoms with E-state index in [1.54, 1.807) is 38.1 Å². The minimum atomic E-state index is -1.03. The standard InChI is InChI=1S/C13H13N3O3/c1-8-11(16(18)19)13(8)9(2)14-15(12(13)17)10-6-4-3-5-7-10/h3-8,11H,1-2H3/t8-,11-,13-/m0/s1. The number of rotatable bonds is 2. The van der Waals surface area contributed by atoms with E-state index in [0.29, 0.717) is 11.4 Å². The smallest absolute Gasteiger partial charge is 0.266 e. The molecule has 3 atom stereocenters. The summed E-state index contributed by atoms with van der Waals surface area (Å²) in [5.41, 5.74) is 0.153. The van der Waals surface area contributed by atoms with Crippen LogP contribution in [0, 0.1) is 21.4 Å². The number of carbonyl (C=O) groups is 1. The van der Waals surface area contributed by atoms with Crippen LogP contribution >= 0.6 is 0 Å². The highest BCUT2D eigenvalue weighted by Crippen LogP contribution is 2.59. The summed E-state index contributed by atoms with van der Waals surface area (Å²) in [6.45, 7) is 3.43. The molecule has 6 heteroatoms. The van der Waals surface area contributed by atoms with Gasteiger partial charge in [0.1, 0.15) is 0 Å². The summed E-state index contributed by atoms with van der Waals surface area (Å²) in [6, 6.07) is 8.14. The first-order valence-electron chi connectivity index (χ1n) is 6.10. The van der Waals surface area contributed by atoms with Crippen LogP contribution in [-0.2, 0) is 4.79 Å². The van der Waals surface area contributed by atoms with Gasteiger partial charge in [-0.25, -0.2) is 0 Å². The predicted molar refractivity (Wildman–Crippen MR) is 69.4 cm³/mol. The highest BCUT2D eigenvalue weighted by molar-refractivity contribution is 6.21. The molecule has 0 saturated heterocycles. The molecule has 0 aromatic heterocycles. The molecule has 6 nitrogen and oxygen atoms in total. The Balaban J connectivity index is 2.00. The lowest BCUT2D eigenvalue weighted by Gasteiger charge is -2.13. The molecule has 0 N–H and O–H groups in total. The Kier molecular flexibility index (Phi) is 2.26. The van der Waals surface area contributed by atoms with Crippen molar-refractivity contribution < 1.29 is 9.72 Å². The van der Waals surface area contributed by atoms with Crippen molar-refractivity contribution in [3.8, 4) is 0 Å². The molecule has 1 amide bonds. The normalized spacial score (nSPS) is 32.6. The third kappa shape index (κ3) is 1.31. The number of hydrogen-bond acceptors (Lipinski definition) is 4. The van der Waals surface area contributed by atoms with E-state index in [-0.39, 0.29) is 16.7 Å². The van der Waals surface area contributed by atoms with E-state index in [9.17, 15) is 14.9 Å². The zero-order chi connectivity index (χ0) is 13.8. The fraction of sp³-hybridized carbons (Fsp3) is 0.385. The average Bonchev–Trinajstić information content (AvgIpc) is 2.95. The zero-order valence-corrected chi connectivity index (χ0v) is 10.6. The fourth-order valence-corrected chi connectivity index (χ4v) is 3.10. The number of para-hydroxylation sites is 1. The van der Waals surface area contributed by atoms with E-state index in [0.717, 1.165) is 0 Å². The molecular weight excluding hydrogens is 246 g/mol. The Morgan fingerprint density at radius 2 is 2.00 bits per heavy atom. The molecule has 1 fully saturated rings. The van der Waals surface area contributed by atoms with E-state index in [1.807, 2.05) is 6.07 Å². The Morgan fingerprint density at radius 1 is 1.37 bits per heavy atom. The van der Waals surface area contributed by atoms with E-state index in [4.69, 9.17) is 0 Å². The molecule has 0 radical (unpaired) electrons. The van der Waals surface area contributed by atoms with Crippen molar-refractivity contribution in [1.29, 1.82) is 0 Å². The largest absolute Gasteiger partial charge is 0.271 e. The number of anilines is 1. The first-order valence-corrected chi connectivity index (χ1v) is 6.10. The van der Waals surface area contributed by atoms with Gasteiger partial charge in [0, 0.05) is 4.92 Å². The fourth-order valence-electron chi connectivity index (χ4n) is 3.10. The van der Waals surface area contributed by atoms with E-state index >= 15 is 0 Å². The van der Waals surface area contributed by atoms with Crippen molar-refractivity contribution in [2.75, 3.05) is 5.01 Å². The van der Waals surface area contributed by atoms with Crippen LogP contribution in [0.2, 0.25) is 0 Å². The SMILES string of the molecule is CC1=NN(c2ccccc2)C(=O)[C@]12[C@@H]([N+](=O)[O-])[C@@H]2C. The van der Waals surface area contributed by atoms with Crippen molar-refractivity contribution in [3.63, 3.8) is 0 Å². The minimum absolute atomic E-state index is 0.287. The molecule has 1 aliphatic carbocycles. The number of hydrogen-bond donors (Lipinski definition) is 0. The van der Waals surface area contributed by atoms with Gasteiger partial charge < -0.3 is 0 Å². The van der Waals surface area contributed by atoms with Crippen molar-refractivity contribution in [3.05, 3.63) is 40.4 Å². The van der Waals surface area contributed by atoms with Crippen LogP contribution in [0.15, 0.2) is 35.4 Å². The maximum atomic E-state index is 12.5. The van der Waals surface area contributed by atoms with E-state index in [1.165, 1.54) is 5.01 Å². The molecule has 1 spiro atoms. The molecular formula is C13H13N3O3. The Morgan fingerprint density at radius 3 is 2.53 bits per heavy atom. The van der Waals surface area contributed by atoms with Gasteiger partial charge in [-0.3, -0.25) is 14.9 Å². The van der Waals surface area contributed by atoms with Crippen LogP contribution in [-0.4, -0.2) is 22.6 Å². The van der Waals surface area contributed by atoms with Crippen molar-refractivity contribution in [2.45, 2.75) is 19.9 Å². The molecule has 1 aromatic rings. The Labute approximate surface area is 109 Å². The molecule has 1 heterocycles. The van der Waals surface area contributed by atoms with Gasteiger partial charge in [-0.1, -0.05) is 25.1 Å². The highest BCUT2D eigenvalue weighted by Gasteiger charge is 2.80. The Hall–Kier alpha value is -2.24. The number of benzene rings is 1. The monoisotopic (exact) mass is 259 g/mol. The zero-order valence-electron chi connectivity index (χ0n) is 10.6. The Bertz CT molecular complexity index is 598. The highest BCUT2D eigenvalue weighted by atomic mass is 16.6. The third-order valence-electron chi connectivity index (χ3n) is 4.17. The van der Waals surface area contributed by atoms with Crippen LogP contribution < -0.4 is 5.01 Å². The predicted octanol–water partition coefficient (Wildman–Crippen LogP) is 1.69. The molecule has 1 aromatic carbocycles. The van der Waals surface area contributed by atoms with Crippen molar-refractivity contribution in [1.82, 2.24) is 0 Å². The third-order valence-corrected chi connectivity index (χ3v) is 4.17. The summed E-state index contributed by atoms with van der Waals surface area (Å²) in [5.74, 6) is -0.585. The summed E-state index contributed by atoms with van der Waals surface area (Å²) in [5, 5.41) is 16.6. The second-order valence-electron chi connectivity index (χ2n) is 5.03. The summed E-state index contributed by atoms with van der Waals surface area (Å²) < 4.78 is 0. The minimum Gasteiger partial charge on any atom is -0.271 e. The lowest BCUT2D eigenvalue weighted by atomic mass is 9.98. The number of nitrogens with zero attached hydrogens (tertiary/aromatic N) is 3. The van der Waals surface area contributed by atoms with Crippen molar-refractivity contribution >= 4 is 17.3 Å². The molecule has 98 valence electrons. The van der Waals surface area contributed by atoms with Crippen LogP contribution in [0.3, 0.4) is 0 Å². The van der Waals surface area contributed by atoms with E-state index in [2.05, 4.69) is 5.10 Å². The van der Waals surface area contributed by atoms with Gasteiger partial charge >= 0.3 is 0 Å². The molecule has 0 unspecified atom stereocenters. The molecule has 2 aliphatic rings. The van der Waals surface area contributed by atoms with Gasteiger partial charge in [-0.15, -0.1) is 0 Å². The van der Waals surface area contributed by atoms with Crippen molar-refractivity contribution in [2.24, 2.45) is 16.4 Å². The van der Waals surface area contributed by atoms with Gasteiger partial charge in [-0.05, 0) is 19.1 Å². The molecule has 1 saturated carbocycles. The second kappa shape index (κ2) is 3.63. The van der Waals surface area contributed by atoms with Gasteiger partial charge in [0.2, 0.25) is 6.04 Å². The van der Waals surface area contributed by atoms with Gasteiger partial charge in [0.25, 0.3) is 5.91 Å². The summed E-state index contributed by atoms with van der Waals surface area (Å²) in [4.78, 5) is 23.2. The average molecular weight is 259 g/mol. The number of hydrazone groups is 1. The van der Waals surface area contributed by atoms with Crippen LogP contribution in [0.1, 0.15) is 13.8 Å². The second-order valence-corrected chi connectivity index (χ2v) is 5.03. The maximum absolute atomic E-state index is 12.5. The lowest BCUT2D eigenvalue weighted by molar-refractivity contribution is -0.501. The maximum Gasteiger partial charge on any atom is 0.266 e. The van der Waals surface area contributed by atoms with Crippen LogP contribution in [0.4, 0.5) is 5.69 Å². The summed E-state index contributed by atoms with van der Waals surface area (Å²) in [6.07, 6.45) is 0. The first-order chi connectivity index (χ1) is 9.01. The topological polar surface area (TPSA) is 75.8 Å². The van der Waals surface area contributed by atoms with Crippen LogP contribution in [0.5, 0.6) is 0 Å². The van der Waals surface area contributed by atoms with Gasteiger partial charge in [-0.2, -0.15) is 10.1 Å². The summed E-state index contributed by atoms with van der Waals surface area (Å²) in [7, 11) is 0. The number of amides is 1. The quantitative estimate of drug-likeness (QED) is 0.599. The van der Waals surface area contributed by atoms with E-state index < -0.39 is 11.5 Å². The van der Waals surface area contributed by atoms with Gasteiger partial charge in [0.05, 0.1) is 17.3 Å². The first kappa shape index (κ1) is 11.8. The summed E-state index contributed by atoms with van der Waals surface area (Å²) >= 11 is 0. The number of carbonyl (C=O) groups excluding carboxylic acids is 1.